The van der Waals surface area contributed by atoms with Crippen molar-refractivity contribution in [3.8, 4) is 10.6 Å². The van der Waals surface area contributed by atoms with Crippen molar-refractivity contribution in [1.29, 1.82) is 0 Å². The number of carbonyl (C=O) groups is 2. The van der Waals surface area contributed by atoms with Gasteiger partial charge < -0.3 is 10.1 Å². The number of amides is 1. The van der Waals surface area contributed by atoms with Gasteiger partial charge in [-0.25, -0.2) is 9.78 Å². The number of ether oxygens (including phenoxy) is 1. The van der Waals surface area contributed by atoms with E-state index in [2.05, 4.69) is 24.1 Å². The quantitative estimate of drug-likeness (QED) is 0.565. The third kappa shape index (κ3) is 5.04. The van der Waals surface area contributed by atoms with Crippen LogP contribution >= 0.6 is 11.3 Å². The average molecular weight is 394 g/mol. The van der Waals surface area contributed by atoms with Crippen LogP contribution in [-0.4, -0.2) is 23.5 Å². The lowest BCUT2D eigenvalue weighted by Gasteiger charge is -2.10. The van der Waals surface area contributed by atoms with E-state index in [9.17, 15) is 9.59 Å². The molecule has 0 aliphatic heterocycles. The zero-order valence-corrected chi connectivity index (χ0v) is 16.7. The van der Waals surface area contributed by atoms with Gasteiger partial charge in [0.25, 0.3) is 5.91 Å². The molecule has 144 valence electrons. The summed E-state index contributed by atoms with van der Waals surface area (Å²) in [5.41, 5.74) is 3.04. The van der Waals surface area contributed by atoms with Crippen LogP contribution in [0.25, 0.3) is 10.6 Å². The van der Waals surface area contributed by atoms with Crippen LogP contribution in [0, 0.1) is 0 Å². The second kappa shape index (κ2) is 9.28. The van der Waals surface area contributed by atoms with E-state index in [-0.39, 0.29) is 18.2 Å². The highest BCUT2D eigenvalue weighted by Gasteiger charge is 2.15. The Labute approximate surface area is 168 Å². The van der Waals surface area contributed by atoms with Gasteiger partial charge in [0.2, 0.25) is 0 Å². The van der Waals surface area contributed by atoms with Crippen molar-refractivity contribution < 1.29 is 14.3 Å². The fourth-order valence-electron chi connectivity index (χ4n) is 2.61. The van der Waals surface area contributed by atoms with Crippen molar-refractivity contribution in [3.63, 3.8) is 0 Å². The average Bonchev–Trinajstić information content (AvgIpc) is 3.23. The molecule has 0 aliphatic rings. The van der Waals surface area contributed by atoms with Crippen molar-refractivity contribution >= 4 is 28.9 Å². The molecule has 3 aromatic rings. The first kappa shape index (κ1) is 19.8. The Hall–Kier alpha value is -2.99. The Balaban J connectivity index is 1.52. The number of aromatic nitrogens is 1. The molecule has 0 aliphatic carbocycles. The van der Waals surface area contributed by atoms with E-state index in [1.54, 1.807) is 5.38 Å². The summed E-state index contributed by atoms with van der Waals surface area (Å²) in [4.78, 5) is 28.5. The van der Waals surface area contributed by atoms with Crippen LogP contribution in [0.2, 0.25) is 0 Å². The van der Waals surface area contributed by atoms with Gasteiger partial charge in [-0.15, -0.1) is 11.3 Å². The maximum Gasteiger partial charge on any atom is 0.358 e. The van der Waals surface area contributed by atoms with Crippen LogP contribution in [0.5, 0.6) is 0 Å². The topological polar surface area (TPSA) is 68.3 Å². The van der Waals surface area contributed by atoms with Crippen LogP contribution in [-0.2, 0) is 9.53 Å². The predicted octanol–water partition coefficient (Wildman–Crippen LogP) is 5.12. The molecule has 0 saturated heterocycles. The number of anilines is 1. The molecule has 0 bridgehead atoms. The molecule has 1 heterocycles. The number of hydrogen-bond acceptors (Lipinski definition) is 5. The molecule has 28 heavy (non-hydrogen) atoms. The minimum Gasteiger partial charge on any atom is -0.451 e. The van der Waals surface area contributed by atoms with E-state index < -0.39 is 5.97 Å². The summed E-state index contributed by atoms with van der Waals surface area (Å²) in [6, 6.07) is 17.3. The molecule has 1 amide bonds. The van der Waals surface area contributed by atoms with E-state index in [4.69, 9.17) is 4.74 Å². The molecule has 0 spiro atoms. The minimum absolute atomic E-state index is 0.203. The van der Waals surface area contributed by atoms with Gasteiger partial charge in [-0.1, -0.05) is 56.3 Å². The molecule has 0 unspecified atom stereocenters. The molecule has 1 aromatic heterocycles. The van der Waals surface area contributed by atoms with E-state index in [1.165, 1.54) is 16.9 Å². The lowest BCUT2D eigenvalue weighted by atomic mass is 9.99. The van der Waals surface area contributed by atoms with Crippen LogP contribution < -0.4 is 5.32 Å². The van der Waals surface area contributed by atoms with Crippen LogP contribution in [0.15, 0.2) is 60.0 Å². The first-order valence-corrected chi connectivity index (χ1v) is 10.0. The van der Waals surface area contributed by atoms with Crippen molar-refractivity contribution in [2.24, 2.45) is 0 Å². The lowest BCUT2D eigenvalue weighted by molar-refractivity contribution is -0.119. The molecule has 0 saturated carbocycles. The van der Waals surface area contributed by atoms with Crippen molar-refractivity contribution in [2.75, 3.05) is 11.9 Å². The monoisotopic (exact) mass is 394 g/mol. The number of thiazole rings is 1. The lowest BCUT2D eigenvalue weighted by Crippen LogP contribution is -2.21. The summed E-state index contributed by atoms with van der Waals surface area (Å²) in [7, 11) is 0. The molecule has 2 aromatic carbocycles. The number of nitrogens with one attached hydrogen (secondary N) is 1. The van der Waals surface area contributed by atoms with Crippen LogP contribution in [0.1, 0.15) is 42.2 Å². The van der Waals surface area contributed by atoms with Gasteiger partial charge in [-0.3, -0.25) is 4.79 Å². The van der Waals surface area contributed by atoms with Crippen molar-refractivity contribution in [1.82, 2.24) is 4.98 Å². The summed E-state index contributed by atoms with van der Waals surface area (Å²) in [6.07, 6.45) is 1.06. The zero-order valence-electron chi connectivity index (χ0n) is 15.8. The molecule has 0 fully saturated rings. The third-order valence-corrected chi connectivity index (χ3v) is 5.34. The number of hydrogen-bond donors (Lipinski definition) is 1. The molecule has 0 radical (unpaired) electrons. The summed E-state index contributed by atoms with van der Waals surface area (Å²) < 4.78 is 5.08. The second-order valence-corrected chi connectivity index (χ2v) is 7.32. The number of rotatable bonds is 7. The highest BCUT2D eigenvalue weighted by Crippen LogP contribution is 2.23. The standard InChI is InChI=1S/C22H22N2O3S/c1-3-15(2)16-9-11-18(12-10-16)23-20(25)13-27-22(26)19-14-28-21(24-19)17-7-5-4-6-8-17/h4-12,14-15H,3,13H2,1-2H3,(H,23,25)/t15-/m1/s1. The Morgan fingerprint density at radius 3 is 2.50 bits per heavy atom. The Morgan fingerprint density at radius 2 is 1.82 bits per heavy atom. The van der Waals surface area contributed by atoms with E-state index in [1.807, 2.05) is 54.6 Å². The number of carbonyl (C=O) groups excluding carboxylic acids is 2. The largest absolute Gasteiger partial charge is 0.451 e. The molecular weight excluding hydrogens is 372 g/mol. The molecule has 3 rings (SSSR count). The van der Waals surface area contributed by atoms with Gasteiger partial charge in [0.1, 0.15) is 5.01 Å². The van der Waals surface area contributed by atoms with E-state index >= 15 is 0 Å². The van der Waals surface area contributed by atoms with Gasteiger partial charge in [0.05, 0.1) is 0 Å². The Kier molecular flexibility index (Phi) is 6.55. The van der Waals surface area contributed by atoms with E-state index in [0.717, 1.165) is 17.0 Å². The normalized spacial score (nSPS) is 11.6. The number of nitrogens with zero attached hydrogens (tertiary/aromatic N) is 1. The molecule has 6 heteroatoms. The van der Waals surface area contributed by atoms with Gasteiger partial charge in [-0.2, -0.15) is 0 Å². The summed E-state index contributed by atoms with van der Waals surface area (Å²) in [5.74, 6) is -0.520. The molecule has 1 atom stereocenters. The Morgan fingerprint density at radius 1 is 1.11 bits per heavy atom. The SMILES string of the molecule is CC[C@@H](C)c1ccc(NC(=O)COC(=O)c2csc(-c3ccccc3)n2)cc1. The van der Waals surface area contributed by atoms with Gasteiger partial charge in [-0.05, 0) is 30.0 Å². The fourth-order valence-corrected chi connectivity index (χ4v) is 3.41. The minimum atomic E-state index is -0.610. The zero-order chi connectivity index (χ0) is 19.9. The maximum absolute atomic E-state index is 12.1. The van der Waals surface area contributed by atoms with Gasteiger partial charge >= 0.3 is 5.97 Å². The van der Waals surface area contributed by atoms with Crippen molar-refractivity contribution in [3.05, 3.63) is 71.2 Å². The number of esters is 1. The second-order valence-electron chi connectivity index (χ2n) is 6.46. The van der Waals surface area contributed by atoms with E-state index in [0.29, 0.717) is 11.6 Å². The summed E-state index contributed by atoms with van der Waals surface area (Å²) in [6.45, 7) is 3.94. The fraction of sp³-hybridized carbons (Fsp3) is 0.227. The first-order chi connectivity index (χ1) is 13.6. The first-order valence-electron chi connectivity index (χ1n) is 9.14. The molecule has 5 nitrogen and oxygen atoms in total. The third-order valence-electron chi connectivity index (χ3n) is 4.44. The maximum atomic E-state index is 12.1. The highest BCUT2D eigenvalue weighted by molar-refractivity contribution is 7.13. The molecule has 1 N–H and O–H groups in total. The summed E-state index contributed by atoms with van der Waals surface area (Å²) >= 11 is 1.36. The van der Waals surface area contributed by atoms with Gasteiger partial charge in [0, 0.05) is 16.6 Å². The van der Waals surface area contributed by atoms with Crippen LogP contribution in [0.3, 0.4) is 0 Å². The Bertz CT molecular complexity index is 936. The predicted molar refractivity (Wildman–Crippen MR) is 112 cm³/mol. The molecular formula is C22H22N2O3S. The van der Waals surface area contributed by atoms with Crippen LogP contribution in [0.4, 0.5) is 5.69 Å². The van der Waals surface area contributed by atoms with Crippen molar-refractivity contribution in [2.45, 2.75) is 26.2 Å². The smallest absolute Gasteiger partial charge is 0.358 e. The number of benzene rings is 2. The van der Waals surface area contributed by atoms with Gasteiger partial charge in [0.15, 0.2) is 12.3 Å². The highest BCUT2D eigenvalue weighted by atomic mass is 32.1. The summed E-state index contributed by atoms with van der Waals surface area (Å²) in [5, 5.41) is 5.10.